The van der Waals surface area contributed by atoms with Crippen molar-refractivity contribution in [1.82, 2.24) is 10.6 Å². The molecule has 0 saturated carbocycles. The minimum absolute atomic E-state index is 0.0137. The third-order valence-corrected chi connectivity index (χ3v) is 7.40. The van der Waals surface area contributed by atoms with Gasteiger partial charge in [-0.05, 0) is 56.7 Å². The number of hydrogen-bond acceptors (Lipinski definition) is 5. The number of alkyl halides is 6. The van der Waals surface area contributed by atoms with Crippen molar-refractivity contribution in [1.29, 1.82) is 0 Å². The van der Waals surface area contributed by atoms with Crippen LogP contribution in [0.2, 0.25) is 0 Å². The highest BCUT2D eigenvalue weighted by molar-refractivity contribution is 5.79. The van der Waals surface area contributed by atoms with Crippen LogP contribution in [0.15, 0.2) is 36.4 Å². The fraction of sp³-hybridized carbons (Fsp3) is 0.500. The third kappa shape index (κ3) is 7.33. The Morgan fingerprint density at radius 1 is 0.822 bits per heavy atom. The quantitative estimate of drug-likeness (QED) is 0.216. The highest BCUT2D eigenvalue weighted by Gasteiger charge is 2.60. The van der Waals surface area contributed by atoms with Crippen LogP contribution in [-0.4, -0.2) is 48.6 Å². The minimum Gasteiger partial charge on any atom is -0.460 e. The van der Waals surface area contributed by atoms with Gasteiger partial charge in [-0.25, -0.2) is 35.1 Å². The summed E-state index contributed by atoms with van der Waals surface area (Å²) in [7, 11) is 0. The molecule has 0 unspecified atom stereocenters. The van der Waals surface area contributed by atoms with Gasteiger partial charge in [0.2, 0.25) is 11.8 Å². The van der Waals surface area contributed by atoms with Crippen molar-refractivity contribution in [2.24, 2.45) is 0 Å². The molecule has 4 N–H and O–H groups in total. The second kappa shape index (κ2) is 12.8. The number of hydrogen-bond donors (Lipinski definition) is 3. The number of esters is 1. The van der Waals surface area contributed by atoms with Crippen LogP contribution in [-0.2, 0) is 36.6 Å². The summed E-state index contributed by atoms with van der Waals surface area (Å²) in [5.41, 5.74) is -1.93. The van der Waals surface area contributed by atoms with E-state index in [2.05, 4.69) is 0 Å². The van der Waals surface area contributed by atoms with Crippen LogP contribution in [0.3, 0.4) is 0 Å². The highest BCUT2D eigenvalue weighted by atomic mass is 19.3. The molecule has 2 saturated heterocycles. The van der Waals surface area contributed by atoms with E-state index in [4.69, 9.17) is 10.5 Å². The van der Waals surface area contributed by atoms with Crippen LogP contribution < -0.4 is 16.4 Å². The van der Waals surface area contributed by atoms with Crippen molar-refractivity contribution in [3.8, 4) is 0 Å². The second-order valence-corrected chi connectivity index (χ2v) is 11.9. The number of piperidine rings is 2. The maximum Gasteiger partial charge on any atom is 0.310 e. The number of benzene rings is 2. The normalized spacial score (nSPS) is 24.1. The maximum absolute atomic E-state index is 14.5. The number of nitrogen functional groups attached to an aromatic ring is 1. The first kappa shape index (κ1) is 35.6. The van der Waals surface area contributed by atoms with Crippen LogP contribution in [0, 0.1) is 11.6 Å². The molecule has 0 aliphatic carbocycles. The van der Waals surface area contributed by atoms with Gasteiger partial charge in [-0.15, -0.1) is 0 Å². The number of halogens is 8. The molecule has 0 aromatic heterocycles. The molecule has 2 atom stereocenters. The van der Waals surface area contributed by atoms with E-state index in [1.165, 1.54) is 12.1 Å². The molecule has 0 bridgehead atoms. The number of nitrogens with one attached hydrogen (secondary N) is 2. The average Bonchev–Trinajstić information content (AvgIpc) is 2.93. The molecular weight excluding hydrogens is 618 g/mol. The SMILES string of the molecule is CC(C)(C)OC(=O)Cc1ccc(F)c([C@@]2(CF)NC(=O)CCC2(F)F)c1.Nc1ccc(F)c([C@@]2(CF)NC(=O)CCC2(F)F)c1. The number of rotatable bonds is 6. The summed E-state index contributed by atoms with van der Waals surface area (Å²) in [6, 6.07) is 6.07. The molecule has 15 heteroatoms. The maximum atomic E-state index is 14.5. The van der Waals surface area contributed by atoms with E-state index < -0.39 is 108 Å². The van der Waals surface area contributed by atoms with Crippen LogP contribution in [0.25, 0.3) is 0 Å². The number of carbonyl (C=O) groups excluding carboxylic acids is 3. The molecule has 7 nitrogen and oxygen atoms in total. The Hall–Kier alpha value is -3.91. The second-order valence-electron chi connectivity index (χ2n) is 11.9. The predicted octanol–water partition coefficient (Wildman–Crippen LogP) is 5.54. The van der Waals surface area contributed by atoms with Gasteiger partial charge in [0, 0.05) is 42.5 Å². The number of ether oxygens (including phenoxy) is 1. The van der Waals surface area contributed by atoms with Gasteiger partial charge in [0.15, 0.2) is 11.1 Å². The van der Waals surface area contributed by atoms with E-state index >= 15 is 0 Å². The summed E-state index contributed by atoms with van der Waals surface area (Å²) in [4.78, 5) is 34.9. The lowest BCUT2D eigenvalue weighted by atomic mass is 9.78. The first-order valence-electron chi connectivity index (χ1n) is 13.8. The third-order valence-electron chi connectivity index (χ3n) is 7.40. The van der Waals surface area contributed by atoms with Gasteiger partial charge in [0.25, 0.3) is 11.8 Å². The summed E-state index contributed by atoms with van der Waals surface area (Å²) in [6.45, 7) is 1.69. The zero-order valence-corrected chi connectivity index (χ0v) is 24.6. The Labute approximate surface area is 253 Å². The van der Waals surface area contributed by atoms with E-state index in [9.17, 15) is 49.5 Å². The smallest absolute Gasteiger partial charge is 0.310 e. The summed E-state index contributed by atoms with van der Waals surface area (Å²) in [5.74, 6) is -11.6. The molecule has 2 heterocycles. The molecule has 2 fully saturated rings. The predicted molar refractivity (Wildman–Crippen MR) is 147 cm³/mol. The number of carbonyl (C=O) groups is 3. The van der Waals surface area contributed by atoms with Crippen LogP contribution in [0.5, 0.6) is 0 Å². The summed E-state index contributed by atoms with van der Waals surface area (Å²) >= 11 is 0. The van der Waals surface area contributed by atoms with Gasteiger partial charge in [0.1, 0.15) is 30.6 Å². The van der Waals surface area contributed by atoms with Crippen LogP contribution in [0.1, 0.15) is 63.1 Å². The van der Waals surface area contributed by atoms with Gasteiger partial charge in [0.05, 0.1) is 6.42 Å². The number of nitrogens with two attached hydrogens (primary N) is 1. The Kier molecular flexibility index (Phi) is 10.1. The lowest BCUT2D eigenvalue weighted by Crippen LogP contribution is -2.63. The Morgan fingerprint density at radius 2 is 1.27 bits per heavy atom. The molecule has 45 heavy (non-hydrogen) atoms. The monoisotopic (exact) mass is 651 g/mol. The topological polar surface area (TPSA) is 111 Å². The zero-order valence-electron chi connectivity index (χ0n) is 24.6. The molecule has 0 radical (unpaired) electrons. The van der Waals surface area contributed by atoms with Gasteiger partial charge >= 0.3 is 5.97 Å². The molecule has 2 aliphatic heterocycles. The summed E-state index contributed by atoms with van der Waals surface area (Å²) in [5, 5.41) is 3.82. The largest absolute Gasteiger partial charge is 0.460 e. The Bertz CT molecular complexity index is 1450. The standard InChI is InChI=1S/C18H21F4NO3.C12H12F4N2O/c1-16(2,3)26-15(25)9-11-4-5-13(20)12(8-11)17(10-19)18(21,22)7-6-14(24)23-17;13-6-11(8-5-7(17)1-2-9(8)14)12(15,16)4-3-10(19)18-11/h4-5,8H,6-7,9-10H2,1-3H3,(H,23,24);1-2,5H,3-4,6,17H2,(H,18,19)/t17-;11-/m11/s1. The van der Waals surface area contributed by atoms with Crippen molar-refractivity contribution < 1.29 is 54.2 Å². The highest BCUT2D eigenvalue weighted by Crippen LogP contribution is 2.46. The summed E-state index contributed by atoms with van der Waals surface area (Å²) < 4.78 is 117. The summed E-state index contributed by atoms with van der Waals surface area (Å²) in [6.07, 6.45) is -2.94. The molecule has 2 aromatic rings. The van der Waals surface area contributed by atoms with E-state index in [1.54, 1.807) is 20.8 Å². The van der Waals surface area contributed by atoms with Crippen molar-refractivity contribution in [3.05, 3.63) is 64.7 Å². The molecular formula is C30H33F8N3O4. The van der Waals surface area contributed by atoms with Gasteiger partial charge in [-0.2, -0.15) is 0 Å². The minimum atomic E-state index is -3.68. The zero-order chi connectivity index (χ0) is 34.0. The van der Waals surface area contributed by atoms with Crippen LogP contribution in [0.4, 0.5) is 40.8 Å². The van der Waals surface area contributed by atoms with Gasteiger partial charge < -0.3 is 21.1 Å². The lowest BCUT2D eigenvalue weighted by molar-refractivity contribution is -0.156. The van der Waals surface area contributed by atoms with Crippen LogP contribution >= 0.6 is 0 Å². The Morgan fingerprint density at radius 3 is 1.71 bits per heavy atom. The molecule has 2 aromatic carbocycles. The first-order chi connectivity index (χ1) is 20.7. The van der Waals surface area contributed by atoms with E-state index in [-0.39, 0.29) is 17.7 Å². The van der Waals surface area contributed by atoms with Crippen molar-refractivity contribution >= 4 is 23.5 Å². The van der Waals surface area contributed by atoms with Gasteiger partial charge in [-0.3, -0.25) is 14.4 Å². The fourth-order valence-corrected chi connectivity index (χ4v) is 5.11. The number of anilines is 1. The average molecular weight is 652 g/mol. The van der Waals surface area contributed by atoms with E-state index in [0.717, 1.165) is 24.3 Å². The lowest BCUT2D eigenvalue weighted by Gasteiger charge is -2.42. The Balaban J connectivity index is 0.000000257. The van der Waals surface area contributed by atoms with Crippen molar-refractivity contribution in [3.63, 3.8) is 0 Å². The van der Waals surface area contributed by atoms with Crippen molar-refractivity contribution in [2.45, 2.75) is 81.4 Å². The fourth-order valence-electron chi connectivity index (χ4n) is 5.11. The molecule has 0 spiro atoms. The molecule has 2 amide bonds. The molecule has 2 aliphatic rings. The van der Waals surface area contributed by atoms with E-state index in [0.29, 0.717) is 0 Å². The molecule has 4 rings (SSSR count). The number of amides is 2. The van der Waals surface area contributed by atoms with Gasteiger partial charge in [-0.1, -0.05) is 6.07 Å². The van der Waals surface area contributed by atoms with Crippen molar-refractivity contribution in [2.75, 3.05) is 19.1 Å². The molecule has 248 valence electrons. The first-order valence-corrected chi connectivity index (χ1v) is 13.8. The van der Waals surface area contributed by atoms with E-state index in [1.807, 2.05) is 10.6 Å².